The normalized spacial score (nSPS) is 14.2. The van der Waals surface area contributed by atoms with Crippen molar-refractivity contribution in [2.45, 2.75) is 13.3 Å². The third-order valence-electron chi connectivity index (χ3n) is 5.15. The highest BCUT2D eigenvalue weighted by Crippen LogP contribution is 2.29. The van der Waals surface area contributed by atoms with Gasteiger partial charge in [-0.3, -0.25) is 4.79 Å². The number of pyridine rings is 1. The largest absolute Gasteiger partial charge is 0.449 e. The number of carbonyl (C=O) groups excluding carboxylic acids is 2. The first-order valence-corrected chi connectivity index (χ1v) is 10.4. The van der Waals surface area contributed by atoms with Crippen molar-refractivity contribution >= 4 is 34.5 Å². The van der Waals surface area contributed by atoms with Gasteiger partial charge in [-0.1, -0.05) is 24.6 Å². The van der Waals surface area contributed by atoms with Crippen LogP contribution in [-0.4, -0.2) is 64.6 Å². The molecule has 0 bridgehead atoms. The number of piperazine rings is 1. The predicted molar refractivity (Wildman–Crippen MR) is 116 cm³/mol. The fourth-order valence-corrected chi connectivity index (χ4v) is 3.77. The Bertz CT molecular complexity index is 1060. The Morgan fingerprint density at radius 2 is 1.90 bits per heavy atom. The molecule has 4 rings (SSSR count). The lowest BCUT2D eigenvalue weighted by molar-refractivity contribution is 0.0560. The van der Waals surface area contributed by atoms with Crippen molar-refractivity contribution in [2.24, 2.45) is 0 Å². The second-order valence-corrected chi connectivity index (χ2v) is 7.62. The van der Waals surface area contributed by atoms with Gasteiger partial charge < -0.3 is 19.5 Å². The van der Waals surface area contributed by atoms with Gasteiger partial charge in [0.2, 0.25) is 0 Å². The lowest BCUT2D eigenvalue weighted by atomic mass is 10.1. The summed E-state index contributed by atoms with van der Waals surface area (Å²) in [5.41, 5.74) is 2.91. The average Bonchev–Trinajstić information content (AvgIpc) is 3.31. The van der Waals surface area contributed by atoms with E-state index in [9.17, 15) is 9.59 Å². The first-order chi connectivity index (χ1) is 14.6. The van der Waals surface area contributed by atoms with E-state index in [1.807, 2.05) is 37.5 Å². The van der Waals surface area contributed by atoms with E-state index in [1.165, 1.54) is 0 Å². The van der Waals surface area contributed by atoms with Gasteiger partial charge in [0.25, 0.3) is 5.91 Å². The summed E-state index contributed by atoms with van der Waals surface area (Å²) in [4.78, 5) is 36.1. The van der Waals surface area contributed by atoms with E-state index in [-0.39, 0.29) is 12.0 Å². The molecule has 0 atom stereocenters. The number of benzene rings is 1. The number of halogens is 1. The number of nitrogens with zero attached hydrogens (tertiary/aromatic N) is 3. The average molecular weight is 427 g/mol. The van der Waals surface area contributed by atoms with E-state index in [1.54, 1.807) is 21.9 Å². The fraction of sp³-hybridized carbons (Fsp3) is 0.318. The third kappa shape index (κ3) is 4.11. The smallest absolute Gasteiger partial charge is 0.409 e. The molecule has 2 amide bonds. The Morgan fingerprint density at radius 1 is 1.13 bits per heavy atom. The minimum absolute atomic E-state index is 0.0801. The number of aromatic amines is 1. The Morgan fingerprint density at radius 3 is 2.60 bits per heavy atom. The minimum Gasteiger partial charge on any atom is -0.449 e. The number of hydrogen-bond acceptors (Lipinski definition) is 4. The van der Waals surface area contributed by atoms with Gasteiger partial charge in [0.05, 0.1) is 22.8 Å². The molecular formula is C22H23ClN4O3. The first kappa shape index (κ1) is 20.2. The number of rotatable bonds is 4. The Hall–Kier alpha value is -3.06. The molecule has 0 saturated carbocycles. The monoisotopic (exact) mass is 426 g/mol. The van der Waals surface area contributed by atoms with Gasteiger partial charge >= 0.3 is 6.09 Å². The maximum absolute atomic E-state index is 13.0. The molecule has 1 N–H and O–H groups in total. The van der Waals surface area contributed by atoms with Crippen LogP contribution in [0.5, 0.6) is 0 Å². The molecule has 0 unspecified atom stereocenters. The molecule has 0 aliphatic carbocycles. The van der Waals surface area contributed by atoms with Crippen LogP contribution < -0.4 is 0 Å². The topological polar surface area (TPSA) is 78.5 Å². The van der Waals surface area contributed by atoms with Crippen LogP contribution in [-0.2, 0) is 4.74 Å². The zero-order valence-electron chi connectivity index (χ0n) is 16.7. The number of aromatic nitrogens is 2. The Kier molecular flexibility index (Phi) is 5.90. The molecule has 3 aromatic rings. The van der Waals surface area contributed by atoms with Crippen molar-refractivity contribution in [3.63, 3.8) is 0 Å². The molecule has 1 aromatic carbocycles. The van der Waals surface area contributed by atoms with Gasteiger partial charge in [-0.15, -0.1) is 0 Å². The molecule has 7 nitrogen and oxygen atoms in total. The molecule has 1 aliphatic heterocycles. The van der Waals surface area contributed by atoms with E-state index in [0.717, 1.165) is 23.1 Å². The van der Waals surface area contributed by atoms with Crippen molar-refractivity contribution in [2.75, 3.05) is 32.8 Å². The molecule has 1 fully saturated rings. The van der Waals surface area contributed by atoms with Crippen molar-refractivity contribution in [1.82, 2.24) is 19.8 Å². The van der Waals surface area contributed by atoms with Crippen LogP contribution in [0, 0.1) is 0 Å². The van der Waals surface area contributed by atoms with Gasteiger partial charge in [-0.25, -0.2) is 9.78 Å². The standard InChI is InChI=1S/C22H23ClN4O3/c1-2-11-30-22(29)27-9-7-26(8-10-27)21(28)15-3-4-17-18(23)13-19(25-20(17)12-15)16-5-6-24-14-16/h3-6,12-14,24H,2,7-11H2,1H3. The number of nitrogens with one attached hydrogen (secondary N) is 1. The van der Waals surface area contributed by atoms with E-state index in [4.69, 9.17) is 16.3 Å². The highest BCUT2D eigenvalue weighted by Gasteiger charge is 2.26. The summed E-state index contributed by atoms with van der Waals surface area (Å²) in [7, 11) is 0. The summed E-state index contributed by atoms with van der Waals surface area (Å²) in [6.45, 7) is 4.23. The second-order valence-electron chi connectivity index (χ2n) is 7.21. The van der Waals surface area contributed by atoms with Crippen LogP contribution in [0.25, 0.3) is 22.2 Å². The molecule has 8 heteroatoms. The lowest BCUT2D eigenvalue weighted by Crippen LogP contribution is -2.50. The SMILES string of the molecule is CCCOC(=O)N1CCN(C(=O)c2ccc3c(Cl)cc(-c4cc[nH]c4)nc3c2)CC1. The molecule has 30 heavy (non-hydrogen) atoms. The molecule has 2 aromatic heterocycles. The third-order valence-corrected chi connectivity index (χ3v) is 5.47. The van der Waals surface area contributed by atoms with Crippen LogP contribution in [0.1, 0.15) is 23.7 Å². The van der Waals surface area contributed by atoms with Gasteiger partial charge in [0.1, 0.15) is 0 Å². The number of carbonyl (C=O) groups is 2. The molecule has 0 radical (unpaired) electrons. The number of ether oxygens (including phenoxy) is 1. The van der Waals surface area contributed by atoms with Crippen molar-refractivity contribution in [3.8, 4) is 11.3 Å². The van der Waals surface area contributed by atoms with E-state index >= 15 is 0 Å². The molecule has 156 valence electrons. The number of H-pyrrole nitrogens is 1. The van der Waals surface area contributed by atoms with Crippen LogP contribution in [0.2, 0.25) is 5.02 Å². The summed E-state index contributed by atoms with van der Waals surface area (Å²) < 4.78 is 5.17. The molecular weight excluding hydrogens is 404 g/mol. The number of hydrogen-bond donors (Lipinski definition) is 1. The summed E-state index contributed by atoms with van der Waals surface area (Å²) >= 11 is 6.45. The highest BCUT2D eigenvalue weighted by molar-refractivity contribution is 6.35. The lowest BCUT2D eigenvalue weighted by Gasteiger charge is -2.34. The first-order valence-electron chi connectivity index (χ1n) is 10.0. The number of amides is 2. The molecule has 1 saturated heterocycles. The molecule has 3 heterocycles. The van der Waals surface area contributed by atoms with Crippen molar-refractivity contribution in [1.29, 1.82) is 0 Å². The van der Waals surface area contributed by atoms with Crippen LogP contribution >= 0.6 is 11.6 Å². The fourth-order valence-electron chi connectivity index (χ4n) is 3.51. The summed E-state index contributed by atoms with van der Waals surface area (Å²) in [6, 6.07) is 9.13. The van der Waals surface area contributed by atoms with Gasteiger partial charge in [0, 0.05) is 55.1 Å². The van der Waals surface area contributed by atoms with Gasteiger partial charge in [-0.05, 0) is 30.7 Å². The Labute approximate surface area is 179 Å². The second kappa shape index (κ2) is 8.75. The minimum atomic E-state index is -0.314. The summed E-state index contributed by atoms with van der Waals surface area (Å²) in [5.74, 6) is -0.0801. The van der Waals surface area contributed by atoms with Crippen molar-refractivity contribution in [3.05, 3.63) is 53.3 Å². The maximum atomic E-state index is 13.0. The van der Waals surface area contributed by atoms with Gasteiger partial charge in [0.15, 0.2) is 0 Å². The maximum Gasteiger partial charge on any atom is 0.409 e. The van der Waals surface area contributed by atoms with Crippen molar-refractivity contribution < 1.29 is 14.3 Å². The van der Waals surface area contributed by atoms with Crippen LogP contribution in [0.4, 0.5) is 4.79 Å². The predicted octanol–water partition coefficient (Wildman–Crippen LogP) is 4.19. The van der Waals surface area contributed by atoms with E-state index in [0.29, 0.717) is 48.9 Å². The quantitative estimate of drug-likeness (QED) is 0.678. The van der Waals surface area contributed by atoms with E-state index in [2.05, 4.69) is 9.97 Å². The van der Waals surface area contributed by atoms with Gasteiger partial charge in [-0.2, -0.15) is 0 Å². The highest BCUT2D eigenvalue weighted by atomic mass is 35.5. The number of fused-ring (bicyclic) bond motifs is 1. The summed E-state index contributed by atoms with van der Waals surface area (Å²) in [6.07, 6.45) is 4.15. The van der Waals surface area contributed by atoms with Crippen LogP contribution in [0.15, 0.2) is 42.7 Å². The zero-order chi connectivity index (χ0) is 21.1. The zero-order valence-corrected chi connectivity index (χ0v) is 17.5. The molecule has 1 aliphatic rings. The van der Waals surface area contributed by atoms with Crippen LogP contribution in [0.3, 0.4) is 0 Å². The van der Waals surface area contributed by atoms with E-state index < -0.39 is 0 Å². The molecule has 0 spiro atoms. The Balaban J connectivity index is 1.50. The summed E-state index contributed by atoms with van der Waals surface area (Å²) in [5, 5.41) is 1.39.